The molecular formula is C13H22N4O. The van der Waals surface area contributed by atoms with E-state index in [9.17, 15) is 4.79 Å². The highest BCUT2D eigenvalue weighted by Crippen LogP contribution is 2.23. The van der Waals surface area contributed by atoms with E-state index in [4.69, 9.17) is 5.73 Å². The van der Waals surface area contributed by atoms with Gasteiger partial charge in [0.05, 0.1) is 5.69 Å². The quantitative estimate of drug-likeness (QED) is 0.891. The number of carbonyl (C=O) groups excluding carboxylic acids is 1. The van der Waals surface area contributed by atoms with Gasteiger partial charge in [-0.05, 0) is 19.8 Å². The lowest BCUT2D eigenvalue weighted by Gasteiger charge is -2.30. The van der Waals surface area contributed by atoms with Crippen molar-refractivity contribution in [3.05, 3.63) is 11.9 Å². The lowest BCUT2D eigenvalue weighted by atomic mass is 9.94. The molecule has 0 aliphatic heterocycles. The molecule has 100 valence electrons. The minimum absolute atomic E-state index is 0.0494. The zero-order chi connectivity index (χ0) is 13.1. The van der Waals surface area contributed by atoms with Crippen molar-refractivity contribution in [3.63, 3.8) is 0 Å². The molecule has 2 rings (SSSR count). The molecule has 0 atom stereocenters. The number of aryl methyl sites for hydroxylation is 1. The van der Waals surface area contributed by atoms with E-state index in [1.165, 1.54) is 19.3 Å². The number of hydrogen-bond donors (Lipinski definition) is 1. The zero-order valence-corrected chi connectivity index (χ0v) is 11.2. The number of amides is 1. The van der Waals surface area contributed by atoms with Crippen molar-refractivity contribution in [2.45, 2.75) is 51.6 Å². The number of anilines is 1. The molecule has 5 heteroatoms. The molecule has 5 nitrogen and oxygen atoms in total. The van der Waals surface area contributed by atoms with E-state index in [1.54, 1.807) is 10.9 Å². The molecule has 0 unspecified atom stereocenters. The van der Waals surface area contributed by atoms with Gasteiger partial charge in [0.2, 0.25) is 0 Å². The molecule has 1 saturated carbocycles. The summed E-state index contributed by atoms with van der Waals surface area (Å²) < 4.78 is 1.71. The molecule has 0 aromatic carbocycles. The van der Waals surface area contributed by atoms with Crippen LogP contribution >= 0.6 is 0 Å². The Kier molecular flexibility index (Phi) is 3.89. The highest BCUT2D eigenvalue weighted by atomic mass is 16.2. The molecule has 1 aliphatic rings. The highest BCUT2D eigenvalue weighted by molar-refractivity contribution is 5.97. The monoisotopic (exact) mass is 250 g/mol. The van der Waals surface area contributed by atoms with Crippen LogP contribution in [0.5, 0.6) is 0 Å². The Morgan fingerprint density at radius 1 is 1.50 bits per heavy atom. The summed E-state index contributed by atoms with van der Waals surface area (Å²) in [4.78, 5) is 14.2. The van der Waals surface area contributed by atoms with E-state index in [1.807, 2.05) is 18.9 Å². The topological polar surface area (TPSA) is 64.2 Å². The number of carbonyl (C=O) groups is 1. The third-order valence-electron chi connectivity index (χ3n) is 3.76. The highest BCUT2D eigenvalue weighted by Gasteiger charge is 2.25. The van der Waals surface area contributed by atoms with E-state index in [2.05, 4.69) is 5.10 Å². The van der Waals surface area contributed by atoms with Gasteiger partial charge in [-0.15, -0.1) is 0 Å². The summed E-state index contributed by atoms with van der Waals surface area (Å²) in [5, 5.41) is 4.24. The molecule has 1 amide bonds. The first-order chi connectivity index (χ1) is 8.63. The lowest BCUT2D eigenvalue weighted by molar-refractivity contribution is 0.0690. The van der Waals surface area contributed by atoms with Crippen LogP contribution in [0, 0.1) is 0 Å². The SMILES string of the molecule is CCn1cc(N)c(C(=O)N(C)C2CCCCC2)n1. The third-order valence-corrected chi connectivity index (χ3v) is 3.76. The van der Waals surface area contributed by atoms with E-state index < -0.39 is 0 Å². The molecule has 2 N–H and O–H groups in total. The van der Waals surface area contributed by atoms with Crippen LogP contribution in [0.15, 0.2) is 6.20 Å². The molecule has 18 heavy (non-hydrogen) atoms. The average molecular weight is 250 g/mol. The number of hydrogen-bond acceptors (Lipinski definition) is 3. The normalized spacial score (nSPS) is 16.8. The second-order valence-corrected chi connectivity index (χ2v) is 5.00. The van der Waals surface area contributed by atoms with Gasteiger partial charge in [0.1, 0.15) is 0 Å². The van der Waals surface area contributed by atoms with Crippen LogP contribution in [0.25, 0.3) is 0 Å². The molecular weight excluding hydrogens is 228 g/mol. The van der Waals surface area contributed by atoms with Gasteiger partial charge in [-0.2, -0.15) is 5.10 Å². The number of nitrogens with two attached hydrogens (primary N) is 1. The number of nitrogens with zero attached hydrogens (tertiary/aromatic N) is 3. The van der Waals surface area contributed by atoms with Crippen LogP contribution in [-0.2, 0) is 6.54 Å². The van der Waals surface area contributed by atoms with Gasteiger partial charge in [-0.25, -0.2) is 0 Å². The molecule has 1 heterocycles. The predicted molar refractivity (Wildman–Crippen MR) is 71.3 cm³/mol. The summed E-state index contributed by atoms with van der Waals surface area (Å²) in [6, 6.07) is 0.345. The molecule has 1 aliphatic carbocycles. The fourth-order valence-corrected chi connectivity index (χ4v) is 2.57. The second-order valence-electron chi connectivity index (χ2n) is 5.00. The molecule has 0 bridgehead atoms. The minimum Gasteiger partial charge on any atom is -0.396 e. The molecule has 0 radical (unpaired) electrons. The van der Waals surface area contributed by atoms with Crippen molar-refractivity contribution in [1.82, 2.24) is 14.7 Å². The molecule has 1 aromatic heterocycles. The first-order valence-electron chi connectivity index (χ1n) is 6.73. The van der Waals surface area contributed by atoms with E-state index in [0.717, 1.165) is 19.4 Å². The summed E-state index contributed by atoms with van der Waals surface area (Å²) in [6.07, 6.45) is 7.61. The van der Waals surface area contributed by atoms with Gasteiger partial charge in [-0.3, -0.25) is 9.48 Å². The standard InChI is InChI=1S/C13H22N4O/c1-3-17-9-11(14)12(15-17)13(18)16(2)10-7-5-4-6-8-10/h9-10H,3-8,14H2,1-2H3. The van der Waals surface area contributed by atoms with E-state index in [0.29, 0.717) is 17.4 Å². The summed E-state index contributed by atoms with van der Waals surface area (Å²) in [5.74, 6) is -0.0494. The summed E-state index contributed by atoms with van der Waals surface area (Å²) in [6.45, 7) is 2.70. The summed E-state index contributed by atoms with van der Waals surface area (Å²) in [7, 11) is 1.86. The number of nitrogen functional groups attached to an aromatic ring is 1. The van der Waals surface area contributed by atoms with Crippen LogP contribution in [0.3, 0.4) is 0 Å². The first-order valence-corrected chi connectivity index (χ1v) is 6.73. The Balaban J connectivity index is 2.11. The van der Waals surface area contributed by atoms with Gasteiger partial charge in [0, 0.05) is 25.8 Å². The smallest absolute Gasteiger partial charge is 0.276 e. The molecule has 1 aromatic rings. The largest absolute Gasteiger partial charge is 0.396 e. The maximum Gasteiger partial charge on any atom is 0.276 e. The average Bonchev–Trinajstić information content (AvgIpc) is 2.79. The maximum atomic E-state index is 12.4. The number of aromatic nitrogens is 2. The lowest BCUT2D eigenvalue weighted by Crippen LogP contribution is -2.38. The predicted octanol–water partition coefficient (Wildman–Crippen LogP) is 1.89. The Morgan fingerprint density at radius 3 is 2.72 bits per heavy atom. The van der Waals surface area contributed by atoms with Crippen molar-refractivity contribution in [1.29, 1.82) is 0 Å². The first kappa shape index (κ1) is 12.9. The zero-order valence-electron chi connectivity index (χ0n) is 11.2. The van der Waals surface area contributed by atoms with E-state index >= 15 is 0 Å². The maximum absolute atomic E-state index is 12.4. The van der Waals surface area contributed by atoms with Crippen LogP contribution in [0.1, 0.15) is 49.5 Å². The Labute approximate surface area is 108 Å². The number of rotatable bonds is 3. The van der Waals surface area contributed by atoms with Crippen LogP contribution in [0.2, 0.25) is 0 Å². The van der Waals surface area contributed by atoms with Crippen LogP contribution in [0.4, 0.5) is 5.69 Å². The second kappa shape index (κ2) is 5.42. The van der Waals surface area contributed by atoms with Gasteiger partial charge in [0.25, 0.3) is 5.91 Å². The molecule has 0 saturated heterocycles. The minimum atomic E-state index is -0.0494. The fraction of sp³-hybridized carbons (Fsp3) is 0.692. The van der Waals surface area contributed by atoms with Crippen molar-refractivity contribution < 1.29 is 4.79 Å². The summed E-state index contributed by atoms with van der Waals surface area (Å²) in [5.41, 5.74) is 6.72. The van der Waals surface area contributed by atoms with Crippen molar-refractivity contribution in [3.8, 4) is 0 Å². The summed E-state index contributed by atoms with van der Waals surface area (Å²) >= 11 is 0. The Morgan fingerprint density at radius 2 is 2.17 bits per heavy atom. The van der Waals surface area contributed by atoms with Gasteiger partial charge >= 0.3 is 0 Å². The molecule has 0 spiro atoms. The fourth-order valence-electron chi connectivity index (χ4n) is 2.57. The van der Waals surface area contributed by atoms with Crippen molar-refractivity contribution in [2.75, 3.05) is 12.8 Å². The van der Waals surface area contributed by atoms with Gasteiger partial charge in [0.15, 0.2) is 5.69 Å². The van der Waals surface area contributed by atoms with Crippen LogP contribution in [-0.4, -0.2) is 33.7 Å². The molecule has 1 fully saturated rings. The van der Waals surface area contributed by atoms with Gasteiger partial charge < -0.3 is 10.6 Å². The van der Waals surface area contributed by atoms with E-state index in [-0.39, 0.29) is 5.91 Å². The van der Waals surface area contributed by atoms with Crippen molar-refractivity contribution in [2.24, 2.45) is 0 Å². The van der Waals surface area contributed by atoms with Gasteiger partial charge in [-0.1, -0.05) is 19.3 Å². The Bertz CT molecular complexity index is 421. The third kappa shape index (κ3) is 2.49. The Hall–Kier alpha value is -1.52. The van der Waals surface area contributed by atoms with Crippen molar-refractivity contribution >= 4 is 11.6 Å². The van der Waals surface area contributed by atoms with Crippen LogP contribution < -0.4 is 5.73 Å².